The van der Waals surface area contributed by atoms with Crippen LogP contribution in [-0.2, 0) is 0 Å². The van der Waals surface area contributed by atoms with Crippen LogP contribution in [0.1, 0.15) is 0 Å². The first-order chi connectivity index (χ1) is 23.3. The lowest BCUT2D eigenvalue weighted by molar-refractivity contribution is 0.663. The molecule has 0 saturated carbocycles. The summed E-state index contributed by atoms with van der Waals surface area (Å²) in [6.45, 7) is 0. The molecule has 0 fully saturated rings. The molecule has 0 bridgehead atoms. The Bertz CT molecular complexity index is 2790. The van der Waals surface area contributed by atoms with Crippen LogP contribution in [-0.4, -0.2) is 0 Å². The Labute approximate surface area is 270 Å². The van der Waals surface area contributed by atoms with Crippen molar-refractivity contribution in [3.8, 4) is 11.1 Å². The highest BCUT2D eigenvalue weighted by atomic mass is 16.3. The summed E-state index contributed by atoms with van der Waals surface area (Å²) < 4.78 is 13.0. The lowest BCUT2D eigenvalue weighted by atomic mass is 10.0. The topological polar surface area (TPSA) is 29.5 Å². The van der Waals surface area contributed by atoms with Gasteiger partial charge in [0.2, 0.25) is 0 Å². The normalized spacial score (nSPS) is 11.8. The van der Waals surface area contributed by atoms with Crippen LogP contribution < -0.4 is 4.90 Å². The second-order valence-corrected chi connectivity index (χ2v) is 12.2. The maximum atomic E-state index is 6.62. The van der Waals surface area contributed by atoms with Crippen LogP contribution in [0.5, 0.6) is 0 Å². The van der Waals surface area contributed by atoms with Gasteiger partial charge in [-0.05, 0) is 105 Å². The molecule has 0 atom stereocenters. The zero-order valence-electron chi connectivity index (χ0n) is 25.4. The molecule has 3 heteroatoms. The van der Waals surface area contributed by atoms with E-state index in [4.69, 9.17) is 8.83 Å². The molecule has 0 spiro atoms. The molecule has 0 radical (unpaired) electrons. The second kappa shape index (κ2) is 10.1. The highest BCUT2D eigenvalue weighted by molar-refractivity contribution is 6.23. The Morgan fingerprint density at radius 3 is 1.79 bits per heavy atom. The van der Waals surface area contributed by atoms with Gasteiger partial charge in [0.25, 0.3) is 0 Å². The molecule has 10 aromatic rings. The van der Waals surface area contributed by atoms with Crippen molar-refractivity contribution < 1.29 is 8.83 Å². The monoisotopic (exact) mass is 601 g/mol. The number of rotatable bonds is 4. The molecule has 0 saturated heterocycles. The van der Waals surface area contributed by atoms with E-state index in [1.54, 1.807) is 0 Å². The van der Waals surface area contributed by atoms with Crippen molar-refractivity contribution in [1.29, 1.82) is 0 Å². The molecular formula is C44H27NO2. The van der Waals surface area contributed by atoms with Crippen molar-refractivity contribution in [2.45, 2.75) is 0 Å². The minimum atomic E-state index is 0.819. The smallest absolute Gasteiger partial charge is 0.147 e. The molecule has 0 aliphatic heterocycles. The maximum absolute atomic E-state index is 6.62. The van der Waals surface area contributed by atoms with Crippen LogP contribution in [0.25, 0.3) is 76.5 Å². The highest BCUT2D eigenvalue weighted by Crippen LogP contribution is 2.43. The van der Waals surface area contributed by atoms with Gasteiger partial charge in [-0.25, -0.2) is 0 Å². The van der Waals surface area contributed by atoms with Gasteiger partial charge in [-0.15, -0.1) is 0 Å². The van der Waals surface area contributed by atoms with E-state index in [0.717, 1.165) is 60.9 Å². The van der Waals surface area contributed by atoms with Gasteiger partial charge in [0.05, 0.1) is 5.39 Å². The van der Waals surface area contributed by atoms with Gasteiger partial charge in [-0.1, -0.05) is 91.0 Å². The summed E-state index contributed by atoms with van der Waals surface area (Å²) in [5, 5.41) is 9.09. The summed E-state index contributed by atoms with van der Waals surface area (Å²) in [6.07, 6.45) is 0. The Balaban J connectivity index is 1.13. The molecule has 3 nitrogen and oxygen atoms in total. The first kappa shape index (κ1) is 26.0. The lowest BCUT2D eigenvalue weighted by Crippen LogP contribution is -2.09. The molecule has 47 heavy (non-hydrogen) atoms. The number of hydrogen-bond acceptors (Lipinski definition) is 3. The van der Waals surface area contributed by atoms with Crippen LogP contribution in [0.3, 0.4) is 0 Å². The van der Waals surface area contributed by atoms with Crippen LogP contribution in [0, 0.1) is 0 Å². The maximum Gasteiger partial charge on any atom is 0.147 e. The summed E-state index contributed by atoms with van der Waals surface area (Å²) >= 11 is 0. The summed E-state index contributed by atoms with van der Waals surface area (Å²) in [5.41, 5.74) is 8.99. The molecule has 0 aliphatic rings. The zero-order valence-corrected chi connectivity index (χ0v) is 25.4. The Morgan fingerprint density at radius 2 is 0.979 bits per heavy atom. The molecule has 0 unspecified atom stereocenters. The number of nitrogens with zero attached hydrogens (tertiary/aromatic N) is 1. The molecular weight excluding hydrogens is 574 g/mol. The summed E-state index contributed by atoms with van der Waals surface area (Å²) in [4.78, 5) is 2.30. The highest BCUT2D eigenvalue weighted by Gasteiger charge is 2.19. The van der Waals surface area contributed by atoms with Gasteiger partial charge in [-0.2, -0.15) is 0 Å². The molecule has 0 amide bonds. The molecule has 0 N–H and O–H groups in total. The SMILES string of the molecule is c1ccc(N(c2ccc(-c3ccc4ccccc4c3)cc2)c2ccc3oc4ccc5c6cc7ccccc7cc6oc5c4c3c2)cc1. The number of para-hydroxylation sites is 1. The zero-order chi connectivity index (χ0) is 30.9. The third kappa shape index (κ3) is 4.14. The Hall–Kier alpha value is -6.32. The fourth-order valence-corrected chi connectivity index (χ4v) is 7.10. The van der Waals surface area contributed by atoms with Gasteiger partial charge in [0, 0.05) is 33.2 Å². The number of benzene rings is 8. The van der Waals surface area contributed by atoms with Crippen molar-refractivity contribution >= 4 is 82.5 Å². The predicted octanol–water partition coefficient (Wildman–Crippen LogP) is 12.9. The van der Waals surface area contributed by atoms with Gasteiger partial charge >= 0.3 is 0 Å². The standard InChI is InChI=1S/C44H27NO2/c1-2-12-34(13-3-1)45(35-18-16-29(17-19-35)33-15-14-28-8-4-5-9-30(28)24-33)36-20-22-40-39(27-36)43-41(46-40)23-21-37-38-25-31-10-6-7-11-32(31)26-42(38)47-44(37)43/h1-27H. The van der Waals surface area contributed by atoms with Crippen molar-refractivity contribution in [3.63, 3.8) is 0 Å². The average Bonchev–Trinajstić information content (AvgIpc) is 3.68. The van der Waals surface area contributed by atoms with E-state index in [0.29, 0.717) is 0 Å². The van der Waals surface area contributed by atoms with Crippen molar-refractivity contribution in [2.24, 2.45) is 0 Å². The van der Waals surface area contributed by atoms with E-state index >= 15 is 0 Å². The first-order valence-electron chi connectivity index (χ1n) is 15.9. The van der Waals surface area contributed by atoms with E-state index in [-0.39, 0.29) is 0 Å². The predicted molar refractivity (Wildman–Crippen MR) is 196 cm³/mol. The summed E-state index contributed by atoms with van der Waals surface area (Å²) in [5.74, 6) is 0. The van der Waals surface area contributed by atoms with Gasteiger partial charge in [-0.3, -0.25) is 0 Å². The number of fused-ring (bicyclic) bond motifs is 9. The average molecular weight is 602 g/mol. The van der Waals surface area contributed by atoms with Crippen molar-refractivity contribution in [1.82, 2.24) is 0 Å². The fourth-order valence-electron chi connectivity index (χ4n) is 7.10. The summed E-state index contributed by atoms with van der Waals surface area (Å²) in [6, 6.07) is 57.9. The van der Waals surface area contributed by atoms with Crippen LogP contribution >= 0.6 is 0 Å². The third-order valence-electron chi connectivity index (χ3n) is 9.40. The Morgan fingerprint density at radius 1 is 0.340 bits per heavy atom. The van der Waals surface area contributed by atoms with E-state index in [1.807, 2.05) is 0 Å². The van der Waals surface area contributed by atoms with E-state index in [9.17, 15) is 0 Å². The number of furan rings is 2. The third-order valence-corrected chi connectivity index (χ3v) is 9.40. The van der Waals surface area contributed by atoms with Gasteiger partial charge in [0.1, 0.15) is 22.3 Å². The lowest BCUT2D eigenvalue weighted by Gasteiger charge is -2.25. The molecule has 2 aromatic heterocycles. The van der Waals surface area contributed by atoms with E-state index < -0.39 is 0 Å². The van der Waals surface area contributed by atoms with E-state index in [2.05, 4.69) is 169 Å². The molecule has 0 aliphatic carbocycles. The molecule has 220 valence electrons. The largest absolute Gasteiger partial charge is 0.456 e. The van der Waals surface area contributed by atoms with Crippen molar-refractivity contribution in [2.75, 3.05) is 4.90 Å². The van der Waals surface area contributed by atoms with Crippen LogP contribution in [0.4, 0.5) is 17.1 Å². The molecule has 8 aromatic carbocycles. The Kier molecular flexibility index (Phi) is 5.57. The molecule has 10 rings (SSSR count). The van der Waals surface area contributed by atoms with Crippen LogP contribution in [0.15, 0.2) is 173 Å². The first-order valence-corrected chi connectivity index (χ1v) is 15.9. The minimum Gasteiger partial charge on any atom is -0.456 e. The van der Waals surface area contributed by atoms with Gasteiger partial charge < -0.3 is 13.7 Å². The number of anilines is 3. The van der Waals surface area contributed by atoms with Crippen LogP contribution in [0.2, 0.25) is 0 Å². The summed E-state index contributed by atoms with van der Waals surface area (Å²) in [7, 11) is 0. The van der Waals surface area contributed by atoms with E-state index in [1.165, 1.54) is 32.7 Å². The molecule has 2 heterocycles. The second-order valence-electron chi connectivity index (χ2n) is 12.2. The van der Waals surface area contributed by atoms with Crippen molar-refractivity contribution in [3.05, 3.63) is 164 Å². The quantitative estimate of drug-likeness (QED) is 0.201. The van der Waals surface area contributed by atoms with Gasteiger partial charge in [0.15, 0.2) is 0 Å². The fraction of sp³-hybridized carbons (Fsp3) is 0. The number of hydrogen-bond donors (Lipinski definition) is 0. The minimum absolute atomic E-state index is 0.819.